The molecule has 2 rings (SSSR count). The van der Waals surface area contributed by atoms with E-state index in [4.69, 9.17) is 0 Å². The van der Waals surface area contributed by atoms with Crippen molar-refractivity contribution in [2.24, 2.45) is 5.41 Å². The van der Waals surface area contributed by atoms with Gasteiger partial charge in [-0.2, -0.15) is 0 Å². The highest BCUT2D eigenvalue weighted by atomic mass is 16.1. The van der Waals surface area contributed by atoms with Gasteiger partial charge in [-0.25, -0.2) is 0 Å². The van der Waals surface area contributed by atoms with E-state index in [9.17, 15) is 4.79 Å². The summed E-state index contributed by atoms with van der Waals surface area (Å²) in [6.07, 6.45) is 1.82. The van der Waals surface area contributed by atoms with Crippen molar-refractivity contribution in [3.05, 3.63) is 70.1 Å². The van der Waals surface area contributed by atoms with E-state index in [-0.39, 0.29) is 5.56 Å². The third-order valence-corrected chi connectivity index (χ3v) is 3.26. The summed E-state index contributed by atoms with van der Waals surface area (Å²) in [4.78, 5) is 11.7. The van der Waals surface area contributed by atoms with Gasteiger partial charge in [-0.1, -0.05) is 51.1 Å². The summed E-state index contributed by atoms with van der Waals surface area (Å²) in [5.74, 6) is 0. The first-order valence-corrected chi connectivity index (χ1v) is 7.38. The highest BCUT2D eigenvalue weighted by Gasteiger charge is 2.08. The summed E-state index contributed by atoms with van der Waals surface area (Å²) in [6.45, 7) is 9.16. The number of nitrogens with one attached hydrogen (secondary N) is 1. The molecule has 0 saturated heterocycles. The van der Waals surface area contributed by atoms with Crippen LogP contribution in [0.3, 0.4) is 0 Å². The van der Waals surface area contributed by atoms with E-state index in [2.05, 4.69) is 50.4 Å². The van der Waals surface area contributed by atoms with Crippen LogP contribution in [0.5, 0.6) is 0 Å². The fourth-order valence-electron chi connectivity index (χ4n) is 2.13. The summed E-state index contributed by atoms with van der Waals surface area (Å²) in [5.41, 5.74) is 2.74. The molecule has 0 saturated carbocycles. The number of nitrogens with zero attached hydrogens (tertiary/aromatic N) is 1. The Hall–Kier alpha value is -1.87. The highest BCUT2D eigenvalue weighted by molar-refractivity contribution is 5.22. The molecule has 0 radical (unpaired) electrons. The van der Waals surface area contributed by atoms with Gasteiger partial charge in [0.2, 0.25) is 0 Å². The molecule has 1 aromatic carbocycles. The number of rotatable bonds is 5. The minimum Gasteiger partial charge on any atom is -0.312 e. The maximum atomic E-state index is 11.7. The van der Waals surface area contributed by atoms with E-state index in [0.717, 1.165) is 18.7 Å². The van der Waals surface area contributed by atoms with Crippen molar-refractivity contribution in [3.63, 3.8) is 0 Å². The molecule has 3 nitrogen and oxygen atoms in total. The molecule has 1 N–H and O–H groups in total. The minimum absolute atomic E-state index is 0.0356. The van der Waals surface area contributed by atoms with Gasteiger partial charge >= 0.3 is 0 Å². The van der Waals surface area contributed by atoms with Crippen LogP contribution in [0.2, 0.25) is 0 Å². The first kappa shape index (κ1) is 15.5. The lowest BCUT2D eigenvalue weighted by Gasteiger charge is -2.18. The van der Waals surface area contributed by atoms with Crippen LogP contribution in [-0.4, -0.2) is 11.1 Å². The zero-order valence-corrected chi connectivity index (χ0v) is 13.1. The van der Waals surface area contributed by atoms with Crippen molar-refractivity contribution >= 4 is 0 Å². The first-order valence-electron chi connectivity index (χ1n) is 7.38. The van der Waals surface area contributed by atoms with Crippen molar-refractivity contribution in [3.8, 4) is 0 Å². The molecule has 0 spiro atoms. The molecule has 1 heterocycles. The number of pyridine rings is 1. The number of hydrogen-bond donors (Lipinski definition) is 1. The second kappa shape index (κ2) is 6.72. The van der Waals surface area contributed by atoms with Gasteiger partial charge in [0.25, 0.3) is 5.56 Å². The number of hydrogen-bond acceptors (Lipinski definition) is 2. The van der Waals surface area contributed by atoms with Crippen LogP contribution in [0.1, 0.15) is 31.9 Å². The average Bonchev–Trinajstić information content (AvgIpc) is 2.42. The standard InChI is InChI=1S/C18H24N2O/c1-18(2,3)14-19-12-15-7-9-16(10-8-15)13-20-11-5-4-6-17(20)21/h4-11,19H,12-14H2,1-3H3. The van der Waals surface area contributed by atoms with E-state index >= 15 is 0 Å². The molecule has 2 aromatic rings. The molecule has 0 bridgehead atoms. The Bertz CT molecular complexity index is 621. The van der Waals surface area contributed by atoms with Gasteiger partial charge in [-0.15, -0.1) is 0 Å². The zero-order chi connectivity index (χ0) is 15.3. The van der Waals surface area contributed by atoms with Gasteiger partial charge in [0.05, 0.1) is 6.54 Å². The largest absolute Gasteiger partial charge is 0.312 e. The van der Waals surface area contributed by atoms with Crippen molar-refractivity contribution in [2.45, 2.75) is 33.9 Å². The van der Waals surface area contributed by atoms with Crippen molar-refractivity contribution < 1.29 is 0 Å². The van der Waals surface area contributed by atoms with Gasteiger partial charge < -0.3 is 9.88 Å². The molecule has 0 atom stereocenters. The molecule has 0 aliphatic heterocycles. The Morgan fingerprint density at radius 1 is 1.00 bits per heavy atom. The summed E-state index contributed by atoms with van der Waals surface area (Å²) in [6, 6.07) is 13.7. The molecular weight excluding hydrogens is 260 g/mol. The quantitative estimate of drug-likeness (QED) is 0.915. The SMILES string of the molecule is CC(C)(C)CNCc1ccc(Cn2ccccc2=O)cc1. The lowest BCUT2D eigenvalue weighted by atomic mass is 9.97. The van der Waals surface area contributed by atoms with Crippen molar-refractivity contribution in [2.75, 3.05) is 6.54 Å². The molecular formula is C18H24N2O. The number of benzene rings is 1. The summed E-state index contributed by atoms with van der Waals surface area (Å²) >= 11 is 0. The summed E-state index contributed by atoms with van der Waals surface area (Å²) in [7, 11) is 0. The Labute approximate surface area is 126 Å². The van der Waals surface area contributed by atoms with Gasteiger partial charge in [0, 0.05) is 25.4 Å². The van der Waals surface area contributed by atoms with E-state index in [0.29, 0.717) is 12.0 Å². The third kappa shape index (κ3) is 5.20. The molecule has 0 amide bonds. The normalized spacial score (nSPS) is 11.6. The van der Waals surface area contributed by atoms with Crippen LogP contribution >= 0.6 is 0 Å². The maximum absolute atomic E-state index is 11.7. The fourth-order valence-corrected chi connectivity index (χ4v) is 2.13. The molecule has 0 unspecified atom stereocenters. The molecule has 112 valence electrons. The molecule has 21 heavy (non-hydrogen) atoms. The predicted octanol–water partition coefficient (Wildman–Crippen LogP) is 3.03. The van der Waals surface area contributed by atoms with Crippen molar-refractivity contribution in [1.29, 1.82) is 0 Å². The topological polar surface area (TPSA) is 34.0 Å². The van der Waals surface area contributed by atoms with E-state index in [1.54, 1.807) is 16.7 Å². The highest BCUT2D eigenvalue weighted by Crippen LogP contribution is 2.11. The van der Waals surface area contributed by atoms with Crippen LogP contribution in [0.4, 0.5) is 0 Å². The Morgan fingerprint density at radius 2 is 1.67 bits per heavy atom. The van der Waals surface area contributed by atoms with Gasteiger partial charge in [-0.3, -0.25) is 4.79 Å². The smallest absolute Gasteiger partial charge is 0.250 e. The summed E-state index contributed by atoms with van der Waals surface area (Å²) in [5, 5.41) is 3.46. The molecule has 3 heteroatoms. The van der Waals surface area contributed by atoms with Crippen LogP contribution in [0, 0.1) is 5.41 Å². The first-order chi connectivity index (χ1) is 9.94. The number of aromatic nitrogens is 1. The van der Waals surface area contributed by atoms with Crippen molar-refractivity contribution in [1.82, 2.24) is 9.88 Å². The van der Waals surface area contributed by atoms with Gasteiger partial charge in [0.1, 0.15) is 0 Å². The van der Waals surface area contributed by atoms with Crippen LogP contribution in [0.25, 0.3) is 0 Å². The van der Waals surface area contributed by atoms with E-state index < -0.39 is 0 Å². The second-order valence-electron chi connectivity index (χ2n) is 6.65. The van der Waals surface area contributed by atoms with Crippen LogP contribution < -0.4 is 10.9 Å². The molecule has 1 aromatic heterocycles. The predicted molar refractivity (Wildman–Crippen MR) is 87.4 cm³/mol. The lowest BCUT2D eigenvalue weighted by molar-refractivity contribution is 0.379. The van der Waals surface area contributed by atoms with Crippen LogP contribution in [0.15, 0.2) is 53.5 Å². The molecule has 0 aliphatic carbocycles. The fraction of sp³-hybridized carbons (Fsp3) is 0.389. The van der Waals surface area contributed by atoms with E-state index in [1.807, 2.05) is 12.3 Å². The summed E-state index contributed by atoms with van der Waals surface area (Å²) < 4.78 is 1.72. The van der Waals surface area contributed by atoms with E-state index in [1.165, 1.54) is 5.56 Å². The monoisotopic (exact) mass is 284 g/mol. The lowest BCUT2D eigenvalue weighted by Crippen LogP contribution is -2.26. The second-order valence-corrected chi connectivity index (χ2v) is 6.65. The zero-order valence-electron chi connectivity index (χ0n) is 13.1. The Morgan fingerprint density at radius 3 is 2.29 bits per heavy atom. The maximum Gasteiger partial charge on any atom is 0.250 e. The Balaban J connectivity index is 1.93. The molecule has 0 fully saturated rings. The van der Waals surface area contributed by atoms with Crippen LogP contribution in [-0.2, 0) is 13.1 Å². The van der Waals surface area contributed by atoms with Gasteiger partial charge in [0.15, 0.2) is 0 Å². The molecule has 0 aliphatic rings. The minimum atomic E-state index is 0.0356. The van der Waals surface area contributed by atoms with Gasteiger partial charge in [-0.05, 0) is 22.6 Å². The average molecular weight is 284 g/mol. The Kier molecular flexibility index (Phi) is 4.97. The third-order valence-electron chi connectivity index (χ3n) is 3.26.